The molecule has 0 aliphatic heterocycles. The maximum Gasteiger partial charge on any atom is 0.323 e. The maximum absolute atomic E-state index is 11.1. The highest BCUT2D eigenvalue weighted by molar-refractivity contribution is 5.78. The summed E-state index contributed by atoms with van der Waals surface area (Å²) in [6, 6.07) is 0. The molecule has 0 spiro atoms. The first kappa shape index (κ1) is 17.3. The molecule has 0 rings (SSSR count). The lowest BCUT2D eigenvalue weighted by Gasteiger charge is -2.27. The van der Waals surface area contributed by atoms with E-state index in [0.29, 0.717) is 19.6 Å². The Bertz CT molecular complexity index is 237. The van der Waals surface area contributed by atoms with E-state index in [-0.39, 0.29) is 13.2 Å². The zero-order chi connectivity index (χ0) is 14.0. The van der Waals surface area contributed by atoms with Crippen molar-refractivity contribution < 1.29 is 24.5 Å². The molecule has 6 heteroatoms. The molecule has 0 aromatic rings. The van der Waals surface area contributed by atoms with Crippen LogP contribution in [0, 0.1) is 0 Å². The molecule has 2 atom stereocenters. The number of carboxylic acids is 1. The van der Waals surface area contributed by atoms with Crippen molar-refractivity contribution in [2.75, 3.05) is 33.5 Å². The van der Waals surface area contributed by atoms with Crippen LogP contribution in [0.15, 0.2) is 0 Å². The molecule has 3 N–H and O–H groups in total. The number of β-amino-alcohol motifs (C(OH)–C–C–N with tert-alkyl or cyclic N) is 1. The van der Waals surface area contributed by atoms with Gasteiger partial charge >= 0.3 is 5.97 Å². The first-order valence-corrected chi connectivity index (χ1v) is 6.19. The average Bonchev–Trinajstić information content (AvgIpc) is 2.32. The second-order valence-electron chi connectivity index (χ2n) is 4.49. The van der Waals surface area contributed by atoms with Crippen LogP contribution in [-0.2, 0) is 14.3 Å². The predicted octanol–water partition coefficient (Wildman–Crippen LogP) is 0.243. The summed E-state index contributed by atoms with van der Waals surface area (Å²) in [4.78, 5) is 11.1. The molecule has 108 valence electrons. The van der Waals surface area contributed by atoms with Crippen LogP contribution in [-0.4, -0.2) is 61.3 Å². The zero-order valence-electron chi connectivity index (χ0n) is 11.4. The number of ether oxygens (including phenoxy) is 2. The Balaban J connectivity index is 3.93. The second kappa shape index (κ2) is 9.27. The minimum Gasteiger partial charge on any atom is -0.480 e. The number of aliphatic hydroxyl groups excluding tert-OH is 1. The topological polar surface area (TPSA) is 88.0 Å². The molecule has 6 nitrogen and oxygen atoms in total. The monoisotopic (exact) mass is 263 g/mol. The zero-order valence-corrected chi connectivity index (χ0v) is 11.4. The normalized spacial score (nSPS) is 16.2. The van der Waals surface area contributed by atoms with Gasteiger partial charge in [-0.15, -0.1) is 0 Å². The van der Waals surface area contributed by atoms with Gasteiger partial charge in [-0.25, -0.2) is 0 Å². The fraction of sp³-hybridized carbons (Fsp3) is 0.917. The van der Waals surface area contributed by atoms with Crippen molar-refractivity contribution in [3.05, 3.63) is 0 Å². The van der Waals surface area contributed by atoms with Crippen molar-refractivity contribution in [1.29, 1.82) is 0 Å². The molecule has 2 unspecified atom stereocenters. The summed E-state index contributed by atoms with van der Waals surface area (Å²) in [5.74, 6) is -0.906. The highest BCUT2D eigenvalue weighted by Crippen LogP contribution is 2.12. The number of carboxylic acid groups (broad SMARTS) is 1. The van der Waals surface area contributed by atoms with E-state index in [0.717, 1.165) is 6.42 Å². The van der Waals surface area contributed by atoms with Gasteiger partial charge in [0, 0.05) is 13.7 Å². The van der Waals surface area contributed by atoms with Crippen molar-refractivity contribution in [1.82, 2.24) is 5.32 Å². The van der Waals surface area contributed by atoms with Gasteiger partial charge in [0.15, 0.2) is 0 Å². The van der Waals surface area contributed by atoms with E-state index in [1.54, 1.807) is 14.0 Å². The summed E-state index contributed by atoms with van der Waals surface area (Å²) in [5, 5.41) is 21.6. The highest BCUT2D eigenvalue weighted by atomic mass is 16.5. The molecule has 0 bridgehead atoms. The Labute approximate surface area is 108 Å². The third-order valence-electron chi connectivity index (χ3n) is 2.69. The number of rotatable bonds is 11. The van der Waals surface area contributed by atoms with Gasteiger partial charge in [-0.1, -0.05) is 13.3 Å². The van der Waals surface area contributed by atoms with Gasteiger partial charge in [0.1, 0.15) is 5.54 Å². The lowest BCUT2D eigenvalue weighted by Crippen LogP contribution is -2.52. The van der Waals surface area contributed by atoms with Gasteiger partial charge in [0.05, 0.1) is 25.9 Å². The molecule has 18 heavy (non-hydrogen) atoms. The van der Waals surface area contributed by atoms with Crippen molar-refractivity contribution in [3.63, 3.8) is 0 Å². The van der Waals surface area contributed by atoms with Crippen LogP contribution < -0.4 is 5.32 Å². The molecule has 0 heterocycles. The summed E-state index contributed by atoms with van der Waals surface area (Å²) in [7, 11) is 1.57. The van der Waals surface area contributed by atoms with E-state index in [2.05, 4.69) is 5.32 Å². The van der Waals surface area contributed by atoms with Gasteiger partial charge < -0.3 is 19.7 Å². The summed E-state index contributed by atoms with van der Waals surface area (Å²) in [5.41, 5.74) is -0.998. The minimum atomic E-state index is -0.998. The SMILES string of the molecule is CCCC(C)(NCC(O)COCCOC)C(=O)O. The summed E-state index contributed by atoms with van der Waals surface area (Å²) in [6.45, 7) is 4.79. The third kappa shape index (κ3) is 6.90. The quantitative estimate of drug-likeness (QED) is 0.463. The van der Waals surface area contributed by atoms with E-state index < -0.39 is 17.6 Å². The number of carbonyl (C=O) groups is 1. The molecule has 0 aliphatic carbocycles. The maximum atomic E-state index is 11.1. The summed E-state index contributed by atoms with van der Waals surface area (Å²) in [6.07, 6.45) is 0.549. The van der Waals surface area contributed by atoms with E-state index in [1.165, 1.54) is 0 Å². The Morgan fingerprint density at radius 1 is 1.44 bits per heavy atom. The average molecular weight is 263 g/mol. The molecule has 0 radical (unpaired) electrons. The Morgan fingerprint density at radius 2 is 2.11 bits per heavy atom. The molecule has 0 fully saturated rings. The largest absolute Gasteiger partial charge is 0.480 e. The fourth-order valence-electron chi connectivity index (χ4n) is 1.53. The lowest BCUT2D eigenvalue weighted by atomic mass is 9.96. The van der Waals surface area contributed by atoms with Crippen LogP contribution in [0.1, 0.15) is 26.7 Å². The Kier molecular flexibility index (Phi) is 8.91. The van der Waals surface area contributed by atoms with E-state index >= 15 is 0 Å². The van der Waals surface area contributed by atoms with Gasteiger partial charge in [-0.05, 0) is 13.3 Å². The highest BCUT2D eigenvalue weighted by Gasteiger charge is 2.31. The number of hydrogen-bond donors (Lipinski definition) is 3. The molecule has 0 saturated carbocycles. The fourth-order valence-corrected chi connectivity index (χ4v) is 1.53. The smallest absolute Gasteiger partial charge is 0.323 e. The Morgan fingerprint density at radius 3 is 2.61 bits per heavy atom. The molecule has 0 aromatic carbocycles. The Hall–Kier alpha value is -0.690. The molecule has 0 aromatic heterocycles. The standard InChI is InChI=1S/C12H25NO5/c1-4-5-12(2,11(15)16)13-8-10(14)9-18-7-6-17-3/h10,13-14H,4-9H2,1-3H3,(H,15,16). The van der Waals surface area contributed by atoms with Crippen molar-refractivity contribution in [2.24, 2.45) is 0 Å². The third-order valence-corrected chi connectivity index (χ3v) is 2.69. The van der Waals surface area contributed by atoms with Crippen LogP contribution in [0.2, 0.25) is 0 Å². The first-order valence-electron chi connectivity index (χ1n) is 6.19. The molecule has 0 aliphatic rings. The van der Waals surface area contributed by atoms with Crippen LogP contribution in [0.4, 0.5) is 0 Å². The van der Waals surface area contributed by atoms with Gasteiger partial charge in [0.2, 0.25) is 0 Å². The van der Waals surface area contributed by atoms with Crippen LogP contribution in [0.3, 0.4) is 0 Å². The predicted molar refractivity (Wildman–Crippen MR) is 67.7 cm³/mol. The van der Waals surface area contributed by atoms with Gasteiger partial charge in [-0.2, -0.15) is 0 Å². The van der Waals surface area contributed by atoms with Crippen molar-refractivity contribution in [3.8, 4) is 0 Å². The number of aliphatic hydroxyl groups is 1. The van der Waals surface area contributed by atoms with Gasteiger partial charge in [0.25, 0.3) is 0 Å². The number of nitrogens with one attached hydrogen (secondary N) is 1. The summed E-state index contributed by atoms with van der Waals surface area (Å²) < 4.78 is 9.96. The van der Waals surface area contributed by atoms with Crippen molar-refractivity contribution in [2.45, 2.75) is 38.3 Å². The molecular weight excluding hydrogens is 238 g/mol. The summed E-state index contributed by atoms with van der Waals surface area (Å²) >= 11 is 0. The van der Waals surface area contributed by atoms with Crippen LogP contribution in [0.5, 0.6) is 0 Å². The lowest BCUT2D eigenvalue weighted by molar-refractivity contribution is -0.144. The number of methoxy groups -OCH3 is 1. The number of aliphatic carboxylic acids is 1. The van der Waals surface area contributed by atoms with E-state index in [1.807, 2.05) is 6.92 Å². The number of hydrogen-bond acceptors (Lipinski definition) is 5. The minimum absolute atomic E-state index is 0.165. The van der Waals surface area contributed by atoms with Gasteiger partial charge in [-0.3, -0.25) is 10.1 Å². The molecule has 0 saturated heterocycles. The van der Waals surface area contributed by atoms with Crippen molar-refractivity contribution >= 4 is 5.97 Å². The molecular formula is C12H25NO5. The second-order valence-corrected chi connectivity index (χ2v) is 4.49. The first-order chi connectivity index (χ1) is 8.46. The van der Waals surface area contributed by atoms with E-state index in [9.17, 15) is 9.90 Å². The van der Waals surface area contributed by atoms with Crippen LogP contribution >= 0.6 is 0 Å². The van der Waals surface area contributed by atoms with E-state index in [4.69, 9.17) is 14.6 Å². The molecule has 0 amide bonds. The van der Waals surface area contributed by atoms with Crippen LogP contribution in [0.25, 0.3) is 0 Å².